The van der Waals surface area contributed by atoms with Gasteiger partial charge < -0.3 is 5.73 Å². The Balaban J connectivity index is 2.29. The highest BCUT2D eigenvalue weighted by atomic mass is 32.1. The predicted octanol–water partition coefficient (Wildman–Crippen LogP) is 2.94. The van der Waals surface area contributed by atoms with E-state index in [1.807, 2.05) is 41.8 Å². The summed E-state index contributed by atoms with van der Waals surface area (Å²) < 4.78 is 0. The maximum Gasteiger partial charge on any atom is 0.172 e. The van der Waals surface area contributed by atoms with Crippen molar-refractivity contribution in [2.45, 2.75) is 0 Å². The summed E-state index contributed by atoms with van der Waals surface area (Å²) in [5.74, 6) is 1.24. The van der Waals surface area contributed by atoms with Crippen LogP contribution >= 0.6 is 11.3 Å². The number of nitrogens with zero attached hydrogens (tertiary/aromatic N) is 2. The molecule has 2 N–H and O–H groups in total. The number of hydrogen-bond acceptors (Lipinski definition) is 4. The van der Waals surface area contributed by atoms with Gasteiger partial charge in [0.15, 0.2) is 5.82 Å². The van der Waals surface area contributed by atoms with E-state index in [0.29, 0.717) is 11.6 Å². The zero-order chi connectivity index (χ0) is 11.0. The van der Waals surface area contributed by atoms with Crippen LogP contribution in [-0.4, -0.2) is 9.97 Å². The zero-order valence-corrected chi connectivity index (χ0v) is 9.24. The van der Waals surface area contributed by atoms with E-state index >= 15 is 0 Å². The van der Waals surface area contributed by atoms with Crippen molar-refractivity contribution in [1.29, 1.82) is 0 Å². The number of hydrogen-bond donors (Lipinski definition) is 1. The van der Waals surface area contributed by atoms with Crippen molar-refractivity contribution in [1.82, 2.24) is 9.97 Å². The monoisotopic (exact) mass is 227 g/mol. The molecule has 0 saturated carbocycles. The molecular weight excluding hydrogens is 218 g/mol. The first-order valence-electron chi connectivity index (χ1n) is 4.91. The maximum atomic E-state index is 5.92. The summed E-state index contributed by atoms with van der Waals surface area (Å²) >= 11 is 1.61. The van der Waals surface area contributed by atoms with Crippen LogP contribution in [0.2, 0.25) is 0 Å². The Labute approximate surface area is 96.6 Å². The summed E-state index contributed by atoms with van der Waals surface area (Å²) in [7, 11) is 0. The lowest BCUT2D eigenvalue weighted by atomic mass is 10.2. The van der Waals surface area contributed by atoms with Crippen LogP contribution in [0.25, 0.3) is 21.6 Å². The third-order valence-electron chi connectivity index (χ3n) is 2.37. The molecule has 0 bridgehead atoms. The summed E-state index contributed by atoms with van der Waals surface area (Å²) in [4.78, 5) is 9.86. The van der Waals surface area contributed by atoms with E-state index in [1.165, 1.54) is 0 Å². The normalized spacial score (nSPS) is 10.8. The molecule has 0 radical (unpaired) electrons. The molecule has 1 aromatic carbocycles. The lowest BCUT2D eigenvalue weighted by molar-refractivity contribution is 1.25. The SMILES string of the molecule is Nc1nc(-c2cccs2)nc2ccccc12. The van der Waals surface area contributed by atoms with E-state index in [1.54, 1.807) is 11.3 Å². The van der Waals surface area contributed by atoms with Crippen molar-refractivity contribution in [2.75, 3.05) is 5.73 Å². The van der Waals surface area contributed by atoms with Crippen molar-refractivity contribution in [3.05, 3.63) is 41.8 Å². The molecular formula is C12H9N3S. The second-order valence-electron chi connectivity index (χ2n) is 3.43. The summed E-state index contributed by atoms with van der Waals surface area (Å²) in [6.07, 6.45) is 0. The molecule has 78 valence electrons. The zero-order valence-electron chi connectivity index (χ0n) is 8.42. The van der Waals surface area contributed by atoms with Crippen molar-refractivity contribution in [3.8, 4) is 10.7 Å². The van der Waals surface area contributed by atoms with Gasteiger partial charge in [0.05, 0.1) is 10.4 Å². The Morgan fingerprint density at radius 3 is 2.69 bits per heavy atom. The van der Waals surface area contributed by atoms with Crippen molar-refractivity contribution in [2.24, 2.45) is 0 Å². The molecule has 0 fully saturated rings. The Kier molecular flexibility index (Phi) is 2.08. The molecule has 0 aliphatic rings. The van der Waals surface area contributed by atoms with Crippen LogP contribution < -0.4 is 5.73 Å². The van der Waals surface area contributed by atoms with Gasteiger partial charge in [0, 0.05) is 5.39 Å². The molecule has 0 unspecified atom stereocenters. The van der Waals surface area contributed by atoms with Crippen LogP contribution in [0.1, 0.15) is 0 Å². The van der Waals surface area contributed by atoms with E-state index < -0.39 is 0 Å². The number of anilines is 1. The third kappa shape index (κ3) is 1.44. The minimum Gasteiger partial charge on any atom is -0.383 e. The standard InChI is InChI=1S/C12H9N3S/c13-11-8-4-1-2-5-9(8)14-12(15-11)10-6-3-7-16-10/h1-7H,(H2,13,14,15). The molecule has 0 atom stereocenters. The molecule has 0 amide bonds. The van der Waals surface area contributed by atoms with Crippen LogP contribution in [0.3, 0.4) is 0 Å². The second-order valence-corrected chi connectivity index (χ2v) is 4.37. The quantitative estimate of drug-likeness (QED) is 0.695. The Bertz CT molecular complexity index is 632. The van der Waals surface area contributed by atoms with Crippen LogP contribution in [0.4, 0.5) is 5.82 Å². The highest BCUT2D eigenvalue weighted by Gasteiger charge is 2.06. The highest BCUT2D eigenvalue weighted by Crippen LogP contribution is 2.25. The van der Waals surface area contributed by atoms with Gasteiger partial charge in [-0.1, -0.05) is 18.2 Å². The molecule has 0 aliphatic carbocycles. The predicted molar refractivity (Wildman–Crippen MR) is 67.3 cm³/mol. The average molecular weight is 227 g/mol. The third-order valence-corrected chi connectivity index (χ3v) is 3.24. The fourth-order valence-corrected chi connectivity index (χ4v) is 2.27. The molecule has 16 heavy (non-hydrogen) atoms. The van der Waals surface area contributed by atoms with E-state index in [2.05, 4.69) is 9.97 Å². The number of para-hydroxylation sites is 1. The number of nitrogens with two attached hydrogens (primary N) is 1. The van der Waals surface area contributed by atoms with Crippen LogP contribution in [-0.2, 0) is 0 Å². The summed E-state index contributed by atoms with van der Waals surface area (Å²) in [6, 6.07) is 11.7. The lowest BCUT2D eigenvalue weighted by Crippen LogP contribution is -1.96. The first-order valence-corrected chi connectivity index (χ1v) is 5.79. The molecule has 0 saturated heterocycles. The summed E-state index contributed by atoms with van der Waals surface area (Å²) in [5, 5.41) is 2.91. The largest absolute Gasteiger partial charge is 0.383 e. The molecule has 3 rings (SSSR count). The molecule has 2 heterocycles. The first-order chi connectivity index (χ1) is 7.84. The van der Waals surface area contributed by atoms with Crippen LogP contribution in [0.15, 0.2) is 41.8 Å². The number of benzene rings is 1. The fourth-order valence-electron chi connectivity index (χ4n) is 1.62. The van der Waals surface area contributed by atoms with Gasteiger partial charge in [0.2, 0.25) is 0 Å². The van der Waals surface area contributed by atoms with E-state index in [4.69, 9.17) is 5.73 Å². The van der Waals surface area contributed by atoms with Gasteiger partial charge in [-0.2, -0.15) is 0 Å². The molecule has 4 heteroatoms. The Morgan fingerprint density at radius 1 is 1.00 bits per heavy atom. The summed E-state index contributed by atoms with van der Waals surface area (Å²) in [6.45, 7) is 0. The fraction of sp³-hybridized carbons (Fsp3) is 0. The molecule has 0 aliphatic heterocycles. The Morgan fingerprint density at radius 2 is 1.88 bits per heavy atom. The highest BCUT2D eigenvalue weighted by molar-refractivity contribution is 7.13. The second kappa shape index (κ2) is 3.57. The molecule has 3 aromatic rings. The van der Waals surface area contributed by atoms with Crippen molar-refractivity contribution in [3.63, 3.8) is 0 Å². The van der Waals surface area contributed by atoms with Crippen LogP contribution in [0.5, 0.6) is 0 Å². The lowest BCUT2D eigenvalue weighted by Gasteiger charge is -2.03. The van der Waals surface area contributed by atoms with Gasteiger partial charge in [0.25, 0.3) is 0 Å². The van der Waals surface area contributed by atoms with E-state index in [0.717, 1.165) is 15.8 Å². The van der Waals surface area contributed by atoms with E-state index in [-0.39, 0.29) is 0 Å². The first kappa shape index (κ1) is 9.30. The number of fused-ring (bicyclic) bond motifs is 1. The number of aromatic nitrogens is 2. The number of nitrogen functional groups attached to an aromatic ring is 1. The van der Waals surface area contributed by atoms with E-state index in [9.17, 15) is 0 Å². The molecule has 2 aromatic heterocycles. The van der Waals surface area contributed by atoms with Crippen molar-refractivity contribution < 1.29 is 0 Å². The average Bonchev–Trinajstić information content (AvgIpc) is 2.82. The topological polar surface area (TPSA) is 51.8 Å². The minimum atomic E-state index is 0.536. The number of rotatable bonds is 1. The molecule has 3 nitrogen and oxygen atoms in total. The smallest absolute Gasteiger partial charge is 0.172 e. The maximum absolute atomic E-state index is 5.92. The van der Waals surface area contributed by atoms with Gasteiger partial charge >= 0.3 is 0 Å². The summed E-state index contributed by atoms with van der Waals surface area (Å²) in [5.41, 5.74) is 6.80. The van der Waals surface area contributed by atoms with Gasteiger partial charge in [-0.15, -0.1) is 11.3 Å². The van der Waals surface area contributed by atoms with Gasteiger partial charge in [-0.25, -0.2) is 9.97 Å². The minimum absolute atomic E-state index is 0.536. The van der Waals surface area contributed by atoms with Crippen LogP contribution in [0, 0.1) is 0 Å². The molecule has 0 spiro atoms. The van der Waals surface area contributed by atoms with Crippen molar-refractivity contribution >= 4 is 28.1 Å². The van der Waals surface area contributed by atoms with Gasteiger partial charge in [-0.05, 0) is 23.6 Å². The Hall–Kier alpha value is -1.94. The number of thiophene rings is 1. The van der Waals surface area contributed by atoms with Gasteiger partial charge in [0.1, 0.15) is 5.82 Å². The van der Waals surface area contributed by atoms with Gasteiger partial charge in [-0.3, -0.25) is 0 Å².